The molecule has 0 aliphatic carbocycles. The predicted molar refractivity (Wildman–Crippen MR) is 52.7 cm³/mol. The minimum Gasteiger partial charge on any atom is -0.0844 e. The molecule has 11 heavy (non-hydrogen) atoms. The second kappa shape index (κ2) is 5.17. The molecule has 0 heteroatoms. The molecule has 0 heterocycles. The molecule has 0 spiro atoms. The van der Waals surface area contributed by atoms with Crippen LogP contribution in [0.2, 0.25) is 0 Å². The largest absolute Gasteiger partial charge is 0.0844 e. The minimum atomic E-state index is 1.16. The predicted octanol–water partition coefficient (Wildman–Crippen LogP) is 4.09. The quantitative estimate of drug-likeness (QED) is 0.534. The first kappa shape index (κ1) is 10.5. The molecule has 0 saturated carbocycles. The Hall–Kier alpha value is -0.520. The molecule has 0 bridgehead atoms. The molecule has 0 amide bonds. The van der Waals surface area contributed by atoms with Crippen LogP contribution < -0.4 is 0 Å². The fraction of sp³-hybridized carbons (Fsp3) is 0.636. The number of rotatable bonds is 3. The van der Waals surface area contributed by atoms with Crippen LogP contribution in [0.4, 0.5) is 0 Å². The third-order valence-electron chi connectivity index (χ3n) is 2.31. The SMILES string of the molecule is C/C=C(C)\C(CC)=C(\C)CC. The van der Waals surface area contributed by atoms with E-state index in [2.05, 4.69) is 40.7 Å². The summed E-state index contributed by atoms with van der Waals surface area (Å²) in [7, 11) is 0. The third-order valence-corrected chi connectivity index (χ3v) is 2.31. The van der Waals surface area contributed by atoms with Gasteiger partial charge in [-0.2, -0.15) is 0 Å². The lowest BCUT2D eigenvalue weighted by Gasteiger charge is -2.08. The van der Waals surface area contributed by atoms with Gasteiger partial charge >= 0.3 is 0 Å². The van der Waals surface area contributed by atoms with E-state index in [4.69, 9.17) is 0 Å². The monoisotopic (exact) mass is 152 g/mol. The molecule has 0 aliphatic rings. The molecular formula is C11H20. The van der Waals surface area contributed by atoms with Crippen molar-refractivity contribution in [1.82, 2.24) is 0 Å². The fourth-order valence-corrected chi connectivity index (χ4v) is 1.30. The average molecular weight is 152 g/mol. The van der Waals surface area contributed by atoms with Crippen LogP contribution in [0.25, 0.3) is 0 Å². The number of hydrogen-bond acceptors (Lipinski definition) is 0. The van der Waals surface area contributed by atoms with Crippen molar-refractivity contribution in [2.45, 2.75) is 47.5 Å². The summed E-state index contributed by atoms with van der Waals surface area (Å²) in [5.41, 5.74) is 4.50. The Morgan fingerprint density at radius 3 is 1.91 bits per heavy atom. The van der Waals surface area contributed by atoms with Gasteiger partial charge in [0.1, 0.15) is 0 Å². The van der Waals surface area contributed by atoms with E-state index in [1.807, 2.05) is 0 Å². The molecule has 0 nitrogen and oxygen atoms in total. The van der Waals surface area contributed by atoms with Crippen LogP contribution in [0.15, 0.2) is 22.8 Å². The molecular weight excluding hydrogens is 132 g/mol. The summed E-state index contributed by atoms with van der Waals surface area (Å²) in [6.07, 6.45) is 4.53. The van der Waals surface area contributed by atoms with E-state index >= 15 is 0 Å². The Labute approximate surface area is 71.0 Å². The normalized spacial score (nSPS) is 14.8. The highest BCUT2D eigenvalue weighted by Gasteiger charge is 1.99. The van der Waals surface area contributed by atoms with Crippen molar-refractivity contribution in [3.63, 3.8) is 0 Å². The third kappa shape index (κ3) is 2.92. The summed E-state index contributed by atoms with van der Waals surface area (Å²) in [5, 5.41) is 0. The smallest absolute Gasteiger partial charge is 0.0305 e. The molecule has 0 aromatic rings. The number of hydrogen-bond donors (Lipinski definition) is 0. The van der Waals surface area contributed by atoms with E-state index in [0.29, 0.717) is 0 Å². The first-order valence-corrected chi connectivity index (χ1v) is 4.49. The maximum atomic E-state index is 2.23. The molecule has 0 aliphatic heterocycles. The zero-order chi connectivity index (χ0) is 8.85. The van der Waals surface area contributed by atoms with Gasteiger partial charge in [-0.25, -0.2) is 0 Å². The van der Waals surface area contributed by atoms with Crippen LogP contribution in [0.5, 0.6) is 0 Å². The van der Waals surface area contributed by atoms with Gasteiger partial charge in [0, 0.05) is 0 Å². The highest BCUT2D eigenvalue weighted by molar-refractivity contribution is 5.32. The van der Waals surface area contributed by atoms with Gasteiger partial charge in [-0.3, -0.25) is 0 Å². The van der Waals surface area contributed by atoms with E-state index in [1.165, 1.54) is 23.1 Å². The summed E-state index contributed by atoms with van der Waals surface area (Å²) in [6.45, 7) is 11.0. The van der Waals surface area contributed by atoms with E-state index in [-0.39, 0.29) is 0 Å². The van der Waals surface area contributed by atoms with Crippen LogP contribution in [0.3, 0.4) is 0 Å². The Morgan fingerprint density at radius 1 is 1.09 bits per heavy atom. The van der Waals surface area contributed by atoms with Crippen LogP contribution >= 0.6 is 0 Å². The van der Waals surface area contributed by atoms with Crippen LogP contribution in [-0.4, -0.2) is 0 Å². The minimum absolute atomic E-state index is 1.16. The lowest BCUT2D eigenvalue weighted by molar-refractivity contribution is 0.990. The van der Waals surface area contributed by atoms with E-state index in [1.54, 1.807) is 0 Å². The molecule has 0 aromatic heterocycles. The first-order chi connectivity index (χ1) is 5.17. The van der Waals surface area contributed by atoms with Crippen LogP contribution in [0.1, 0.15) is 47.5 Å². The van der Waals surface area contributed by atoms with Gasteiger partial charge in [-0.15, -0.1) is 0 Å². The first-order valence-electron chi connectivity index (χ1n) is 4.49. The maximum absolute atomic E-state index is 2.23. The van der Waals surface area contributed by atoms with Crippen LogP contribution in [0, 0.1) is 0 Å². The van der Waals surface area contributed by atoms with Crippen molar-refractivity contribution in [2.75, 3.05) is 0 Å². The van der Waals surface area contributed by atoms with Gasteiger partial charge in [0.15, 0.2) is 0 Å². The summed E-state index contributed by atoms with van der Waals surface area (Å²) < 4.78 is 0. The lowest BCUT2D eigenvalue weighted by Crippen LogP contribution is -1.88. The average Bonchev–Trinajstić information content (AvgIpc) is 2.05. The molecule has 0 aromatic carbocycles. The molecule has 0 atom stereocenters. The van der Waals surface area contributed by atoms with Crippen molar-refractivity contribution in [1.29, 1.82) is 0 Å². The Balaban J connectivity index is 4.65. The topological polar surface area (TPSA) is 0 Å². The van der Waals surface area contributed by atoms with Crippen molar-refractivity contribution in [2.24, 2.45) is 0 Å². The van der Waals surface area contributed by atoms with E-state index in [9.17, 15) is 0 Å². The fourth-order valence-electron chi connectivity index (χ4n) is 1.30. The van der Waals surface area contributed by atoms with Gasteiger partial charge in [0.2, 0.25) is 0 Å². The maximum Gasteiger partial charge on any atom is -0.0305 e. The molecule has 0 fully saturated rings. The lowest BCUT2D eigenvalue weighted by atomic mass is 9.98. The second-order valence-electron chi connectivity index (χ2n) is 2.94. The molecule has 0 unspecified atom stereocenters. The van der Waals surface area contributed by atoms with Gasteiger partial charge in [-0.05, 0) is 39.2 Å². The van der Waals surface area contributed by atoms with Gasteiger partial charge < -0.3 is 0 Å². The van der Waals surface area contributed by atoms with Gasteiger partial charge in [0.25, 0.3) is 0 Å². The zero-order valence-electron chi connectivity index (χ0n) is 8.49. The molecule has 64 valence electrons. The molecule has 0 rings (SSSR count). The van der Waals surface area contributed by atoms with Gasteiger partial charge in [0.05, 0.1) is 0 Å². The van der Waals surface area contributed by atoms with Crippen molar-refractivity contribution in [3.8, 4) is 0 Å². The van der Waals surface area contributed by atoms with Crippen LogP contribution in [-0.2, 0) is 0 Å². The van der Waals surface area contributed by atoms with Crippen molar-refractivity contribution >= 4 is 0 Å². The number of allylic oxidation sites excluding steroid dienone is 4. The summed E-state index contributed by atoms with van der Waals surface area (Å²) >= 11 is 0. The Kier molecular flexibility index (Phi) is 4.93. The summed E-state index contributed by atoms with van der Waals surface area (Å²) in [6, 6.07) is 0. The van der Waals surface area contributed by atoms with E-state index in [0.717, 1.165) is 6.42 Å². The highest BCUT2D eigenvalue weighted by Crippen LogP contribution is 2.19. The van der Waals surface area contributed by atoms with Crippen molar-refractivity contribution < 1.29 is 0 Å². The molecule has 0 radical (unpaired) electrons. The van der Waals surface area contributed by atoms with E-state index < -0.39 is 0 Å². The second-order valence-corrected chi connectivity index (χ2v) is 2.94. The summed E-state index contributed by atoms with van der Waals surface area (Å²) in [4.78, 5) is 0. The highest BCUT2D eigenvalue weighted by atomic mass is 14.0. The van der Waals surface area contributed by atoms with Crippen molar-refractivity contribution in [3.05, 3.63) is 22.8 Å². The summed E-state index contributed by atoms with van der Waals surface area (Å²) in [5.74, 6) is 0. The Morgan fingerprint density at radius 2 is 1.64 bits per heavy atom. The zero-order valence-corrected chi connectivity index (χ0v) is 8.49. The standard InChI is InChI=1S/C11H20/c1-6-9(4)11(8-3)10(5)7-2/h6H,7-8H2,1-5H3/b9-6-,11-10-. The van der Waals surface area contributed by atoms with Gasteiger partial charge in [-0.1, -0.05) is 31.1 Å². The molecule has 0 N–H and O–H groups in total. The molecule has 0 saturated heterocycles. The Bertz CT molecular complexity index is 170.